The summed E-state index contributed by atoms with van der Waals surface area (Å²) in [5, 5.41) is 1.77. The van der Waals surface area contributed by atoms with Crippen molar-refractivity contribution in [3.05, 3.63) is 59.9 Å². The van der Waals surface area contributed by atoms with E-state index in [1.54, 1.807) is 32.4 Å². The monoisotopic (exact) mass is 391 g/mol. The number of fused-ring (bicyclic) bond motifs is 3. The quantitative estimate of drug-likeness (QED) is 0.373. The Labute approximate surface area is 167 Å². The van der Waals surface area contributed by atoms with Crippen LogP contribution in [0, 0.1) is 0 Å². The van der Waals surface area contributed by atoms with E-state index in [0.717, 1.165) is 21.8 Å². The third-order valence-electron chi connectivity index (χ3n) is 4.58. The first-order valence-corrected chi connectivity index (χ1v) is 9.23. The third kappa shape index (κ3) is 3.60. The van der Waals surface area contributed by atoms with Crippen LogP contribution >= 0.6 is 0 Å². The van der Waals surface area contributed by atoms with Gasteiger partial charge in [-0.25, -0.2) is 9.78 Å². The number of rotatable bonds is 6. The van der Waals surface area contributed by atoms with Gasteiger partial charge in [0, 0.05) is 34.6 Å². The van der Waals surface area contributed by atoms with Crippen LogP contribution in [0.4, 0.5) is 5.69 Å². The number of nitrogens with one attached hydrogen (secondary N) is 1. The highest BCUT2D eigenvalue weighted by Crippen LogP contribution is 2.34. The van der Waals surface area contributed by atoms with Crippen LogP contribution in [0.5, 0.6) is 11.5 Å². The number of pyridine rings is 1. The van der Waals surface area contributed by atoms with Crippen molar-refractivity contribution in [3.63, 3.8) is 0 Å². The van der Waals surface area contributed by atoms with E-state index in [1.807, 2.05) is 30.3 Å². The molecule has 0 amide bonds. The maximum Gasteiger partial charge on any atom is 0.357 e. The second-order valence-corrected chi connectivity index (χ2v) is 6.53. The van der Waals surface area contributed by atoms with Gasteiger partial charge in [0.25, 0.3) is 0 Å². The van der Waals surface area contributed by atoms with E-state index in [1.165, 1.54) is 0 Å². The topological polar surface area (TPSA) is 99.5 Å². The van der Waals surface area contributed by atoms with Crippen LogP contribution in [0.15, 0.2) is 48.7 Å². The second-order valence-electron chi connectivity index (χ2n) is 6.53. The van der Waals surface area contributed by atoms with E-state index in [0.29, 0.717) is 22.7 Å². The molecule has 0 saturated heterocycles. The number of esters is 1. The molecule has 7 nitrogen and oxygen atoms in total. The normalized spacial score (nSPS) is 11.1. The number of aromatic amines is 1. The summed E-state index contributed by atoms with van der Waals surface area (Å²) in [6.45, 7) is 2.27. The number of aromatic nitrogens is 2. The highest BCUT2D eigenvalue weighted by atomic mass is 16.5. The lowest BCUT2D eigenvalue weighted by atomic mass is 10.1. The molecular formula is C22H21N3O4. The SMILES string of the molecule is CCOC(=O)c1ncc2[nH]c3ccc(Oc4ccc(N)cc4)cc3c2c1COC. The molecule has 0 aliphatic carbocycles. The summed E-state index contributed by atoms with van der Waals surface area (Å²) in [7, 11) is 1.58. The van der Waals surface area contributed by atoms with E-state index in [4.69, 9.17) is 19.9 Å². The zero-order valence-electron chi connectivity index (χ0n) is 16.2. The number of ether oxygens (including phenoxy) is 3. The molecule has 0 radical (unpaired) electrons. The van der Waals surface area contributed by atoms with Crippen LogP contribution in [0.1, 0.15) is 23.0 Å². The zero-order chi connectivity index (χ0) is 20.4. The molecule has 2 aromatic heterocycles. The number of nitrogens with two attached hydrogens (primary N) is 1. The lowest BCUT2D eigenvalue weighted by Gasteiger charge is -2.10. The van der Waals surface area contributed by atoms with Crippen molar-refractivity contribution >= 4 is 33.5 Å². The van der Waals surface area contributed by atoms with Crippen molar-refractivity contribution in [1.29, 1.82) is 0 Å². The van der Waals surface area contributed by atoms with Crippen LogP contribution in [0.2, 0.25) is 0 Å². The third-order valence-corrected chi connectivity index (χ3v) is 4.58. The molecular weight excluding hydrogens is 370 g/mol. The molecule has 7 heteroatoms. The van der Waals surface area contributed by atoms with Crippen molar-refractivity contribution in [2.75, 3.05) is 19.5 Å². The minimum atomic E-state index is -0.468. The first kappa shape index (κ1) is 18.8. The van der Waals surface area contributed by atoms with Crippen molar-refractivity contribution < 1.29 is 19.0 Å². The summed E-state index contributed by atoms with van der Waals surface area (Å²) in [5.74, 6) is 0.885. The number of hydrogen-bond acceptors (Lipinski definition) is 6. The molecule has 3 N–H and O–H groups in total. The Morgan fingerprint density at radius 2 is 1.86 bits per heavy atom. The molecule has 4 rings (SSSR count). The highest BCUT2D eigenvalue weighted by Gasteiger charge is 2.20. The van der Waals surface area contributed by atoms with Crippen molar-refractivity contribution in [3.8, 4) is 11.5 Å². The van der Waals surface area contributed by atoms with E-state index < -0.39 is 5.97 Å². The van der Waals surface area contributed by atoms with Gasteiger partial charge < -0.3 is 24.9 Å². The summed E-state index contributed by atoms with van der Waals surface area (Å²) in [5.41, 5.74) is 9.06. The van der Waals surface area contributed by atoms with Gasteiger partial charge in [0.2, 0.25) is 0 Å². The number of H-pyrrole nitrogens is 1. The van der Waals surface area contributed by atoms with Crippen LogP contribution in [0.25, 0.3) is 21.8 Å². The number of anilines is 1. The second kappa shape index (κ2) is 7.81. The van der Waals surface area contributed by atoms with Crippen LogP contribution in [-0.2, 0) is 16.1 Å². The maximum absolute atomic E-state index is 12.4. The largest absolute Gasteiger partial charge is 0.461 e. The number of nitrogens with zero attached hydrogens (tertiary/aromatic N) is 1. The van der Waals surface area contributed by atoms with Gasteiger partial charge in [0.05, 0.1) is 24.9 Å². The first-order valence-electron chi connectivity index (χ1n) is 9.23. The van der Waals surface area contributed by atoms with Gasteiger partial charge in [-0.1, -0.05) is 0 Å². The van der Waals surface area contributed by atoms with Crippen molar-refractivity contribution in [2.45, 2.75) is 13.5 Å². The first-order chi connectivity index (χ1) is 14.1. The van der Waals surface area contributed by atoms with Gasteiger partial charge in [0.15, 0.2) is 5.69 Å². The average molecular weight is 391 g/mol. The molecule has 148 valence electrons. The summed E-state index contributed by atoms with van der Waals surface area (Å²) in [6.07, 6.45) is 1.64. The Balaban J connectivity index is 1.85. The molecule has 0 atom stereocenters. The Hall–Kier alpha value is -3.58. The van der Waals surface area contributed by atoms with Gasteiger partial charge in [-0.2, -0.15) is 0 Å². The van der Waals surface area contributed by atoms with E-state index in [2.05, 4.69) is 9.97 Å². The average Bonchev–Trinajstić information content (AvgIpc) is 3.08. The molecule has 0 aliphatic rings. The van der Waals surface area contributed by atoms with Gasteiger partial charge >= 0.3 is 5.97 Å². The lowest BCUT2D eigenvalue weighted by Crippen LogP contribution is -2.11. The lowest BCUT2D eigenvalue weighted by molar-refractivity contribution is 0.0514. The molecule has 0 unspecified atom stereocenters. The van der Waals surface area contributed by atoms with Gasteiger partial charge in [0.1, 0.15) is 11.5 Å². The molecule has 4 aromatic rings. The fraction of sp³-hybridized carbons (Fsp3) is 0.182. The molecule has 0 spiro atoms. The van der Waals surface area contributed by atoms with E-state index in [9.17, 15) is 4.79 Å². The Kier molecular flexibility index (Phi) is 5.05. The van der Waals surface area contributed by atoms with Crippen LogP contribution in [0.3, 0.4) is 0 Å². The molecule has 0 aliphatic heterocycles. The fourth-order valence-electron chi connectivity index (χ4n) is 3.33. The van der Waals surface area contributed by atoms with Crippen LogP contribution in [-0.4, -0.2) is 29.7 Å². The zero-order valence-corrected chi connectivity index (χ0v) is 16.2. The predicted octanol–water partition coefficient (Wildman–Crippen LogP) is 4.41. The molecule has 0 saturated carbocycles. The molecule has 0 fully saturated rings. The fourth-order valence-corrected chi connectivity index (χ4v) is 3.33. The van der Waals surface area contributed by atoms with Crippen LogP contribution < -0.4 is 10.5 Å². The molecule has 2 aromatic carbocycles. The standard InChI is InChI=1S/C22H21N3O4/c1-3-28-22(26)21-17(12-27-2)20-16-10-15(29-14-6-4-13(23)5-7-14)8-9-18(16)25-19(20)11-24-21/h4-11,25H,3,12,23H2,1-2H3. The number of carbonyl (C=O) groups excluding carboxylic acids is 1. The van der Waals surface area contributed by atoms with E-state index >= 15 is 0 Å². The molecule has 2 heterocycles. The Morgan fingerprint density at radius 3 is 2.59 bits per heavy atom. The summed E-state index contributed by atoms with van der Waals surface area (Å²) < 4.78 is 16.5. The summed E-state index contributed by atoms with van der Waals surface area (Å²) in [4.78, 5) is 20.0. The van der Waals surface area contributed by atoms with Gasteiger partial charge in [-0.15, -0.1) is 0 Å². The Morgan fingerprint density at radius 1 is 1.10 bits per heavy atom. The van der Waals surface area contributed by atoms with Crippen molar-refractivity contribution in [1.82, 2.24) is 9.97 Å². The van der Waals surface area contributed by atoms with Gasteiger partial charge in [-0.3, -0.25) is 0 Å². The predicted molar refractivity (Wildman–Crippen MR) is 111 cm³/mol. The molecule has 29 heavy (non-hydrogen) atoms. The minimum Gasteiger partial charge on any atom is -0.461 e. The number of methoxy groups -OCH3 is 1. The van der Waals surface area contributed by atoms with E-state index in [-0.39, 0.29) is 18.9 Å². The number of hydrogen-bond donors (Lipinski definition) is 2. The minimum absolute atomic E-state index is 0.231. The number of carbonyl (C=O) groups is 1. The summed E-state index contributed by atoms with van der Waals surface area (Å²) >= 11 is 0. The molecule has 0 bridgehead atoms. The highest BCUT2D eigenvalue weighted by molar-refractivity contribution is 6.11. The van der Waals surface area contributed by atoms with Gasteiger partial charge in [-0.05, 0) is 49.4 Å². The van der Waals surface area contributed by atoms with Crippen molar-refractivity contribution in [2.24, 2.45) is 0 Å². The number of nitrogen functional groups attached to an aromatic ring is 1. The Bertz CT molecular complexity index is 1180. The summed E-state index contributed by atoms with van der Waals surface area (Å²) in [6, 6.07) is 12.9. The maximum atomic E-state index is 12.4. The smallest absolute Gasteiger partial charge is 0.357 e. The number of benzene rings is 2.